The molecule has 1 aliphatic heterocycles. The Kier molecular flexibility index (Phi) is 5.71. The van der Waals surface area contributed by atoms with Crippen LogP contribution >= 0.6 is 22.6 Å². The van der Waals surface area contributed by atoms with Crippen molar-refractivity contribution >= 4 is 34.3 Å². The Morgan fingerprint density at radius 2 is 2.03 bits per heavy atom. The van der Waals surface area contributed by atoms with Gasteiger partial charge in [0.25, 0.3) is 5.91 Å². The van der Waals surface area contributed by atoms with Gasteiger partial charge in [-0.15, -0.1) is 0 Å². The van der Waals surface area contributed by atoms with Crippen molar-refractivity contribution in [1.29, 1.82) is 0 Å². The van der Waals surface area contributed by atoms with Crippen molar-refractivity contribution in [3.05, 3.63) is 56.8 Å². The molecular weight excluding hydrogens is 506 g/mol. The molecule has 0 unspecified atom stereocenters. The molecule has 1 spiro atoms. The number of anilines is 1. The Morgan fingerprint density at radius 3 is 2.73 bits per heavy atom. The van der Waals surface area contributed by atoms with E-state index in [2.05, 4.69) is 32.9 Å². The third kappa shape index (κ3) is 4.58. The average molecular weight is 529 g/mol. The van der Waals surface area contributed by atoms with Crippen LogP contribution in [0.15, 0.2) is 36.4 Å². The van der Waals surface area contributed by atoms with E-state index >= 15 is 0 Å². The molecule has 1 aromatic heterocycles. The van der Waals surface area contributed by atoms with Gasteiger partial charge in [-0.2, -0.15) is 13.2 Å². The molecule has 0 radical (unpaired) electrons. The maximum atomic E-state index is 13.3. The standard InChI is InChI=1S/C22H23F3IN3O/c1-14-5-6-17(26)16(11-14)20(30)29-10-9-21(7-8-21)12-15(29)13-27-19-4-2-3-18(28-19)22(23,24)25/h2-6,11,15H,7-10,12-13H2,1H3,(H,27,28)/t15-/m0/s1. The van der Waals surface area contributed by atoms with Crippen LogP contribution < -0.4 is 5.32 Å². The summed E-state index contributed by atoms with van der Waals surface area (Å²) < 4.78 is 39.8. The molecule has 30 heavy (non-hydrogen) atoms. The molecule has 1 amide bonds. The van der Waals surface area contributed by atoms with Crippen LogP contribution in [-0.2, 0) is 6.18 Å². The fourth-order valence-electron chi connectivity index (χ4n) is 4.20. The minimum atomic E-state index is -4.48. The second-order valence-corrected chi connectivity index (χ2v) is 9.54. The van der Waals surface area contributed by atoms with Crippen LogP contribution in [0.4, 0.5) is 19.0 Å². The van der Waals surface area contributed by atoms with E-state index in [1.54, 1.807) is 0 Å². The van der Waals surface area contributed by atoms with Crippen molar-refractivity contribution in [3.8, 4) is 0 Å². The summed E-state index contributed by atoms with van der Waals surface area (Å²) in [5, 5.41) is 3.05. The predicted octanol–water partition coefficient (Wildman–Crippen LogP) is 5.51. The van der Waals surface area contributed by atoms with Crippen molar-refractivity contribution in [2.45, 2.75) is 44.8 Å². The first kappa shape index (κ1) is 21.4. The molecule has 1 atom stereocenters. The monoisotopic (exact) mass is 529 g/mol. The highest BCUT2D eigenvalue weighted by molar-refractivity contribution is 14.1. The summed E-state index contributed by atoms with van der Waals surface area (Å²) in [5.74, 6) is 0.167. The molecule has 1 aliphatic carbocycles. The number of hydrogen-bond acceptors (Lipinski definition) is 3. The van der Waals surface area contributed by atoms with Gasteiger partial charge in [0.05, 0.1) is 5.56 Å². The van der Waals surface area contributed by atoms with Crippen LogP contribution in [0.3, 0.4) is 0 Å². The minimum absolute atomic E-state index is 0.0117. The maximum absolute atomic E-state index is 13.3. The van der Waals surface area contributed by atoms with Crippen LogP contribution in [0.1, 0.15) is 47.3 Å². The van der Waals surface area contributed by atoms with Gasteiger partial charge >= 0.3 is 6.18 Å². The zero-order chi connectivity index (χ0) is 21.5. The summed E-state index contributed by atoms with van der Waals surface area (Å²) in [6.07, 6.45) is -0.304. The van der Waals surface area contributed by atoms with E-state index < -0.39 is 11.9 Å². The number of aryl methyl sites for hydroxylation is 1. The smallest absolute Gasteiger partial charge is 0.368 e. The van der Waals surface area contributed by atoms with Crippen LogP contribution in [0, 0.1) is 15.9 Å². The largest absolute Gasteiger partial charge is 0.433 e. The van der Waals surface area contributed by atoms with Gasteiger partial charge in [0.1, 0.15) is 11.5 Å². The van der Waals surface area contributed by atoms with Gasteiger partial charge in [-0.25, -0.2) is 4.98 Å². The van der Waals surface area contributed by atoms with E-state index in [0.717, 1.165) is 40.9 Å². The zero-order valence-electron chi connectivity index (χ0n) is 16.6. The van der Waals surface area contributed by atoms with E-state index in [-0.39, 0.29) is 17.8 Å². The Hall–Kier alpha value is -1.84. The number of alkyl halides is 3. The SMILES string of the molecule is Cc1ccc(I)c(C(=O)N2CCC3(CC3)C[C@H]2CNc2cccc(C(F)(F)F)n2)c1. The number of aromatic nitrogens is 1. The Bertz CT molecular complexity index is 959. The molecule has 4 nitrogen and oxygen atoms in total. The number of nitrogens with zero attached hydrogens (tertiary/aromatic N) is 2. The minimum Gasteiger partial charge on any atom is -0.368 e. The molecule has 2 aliphatic rings. The van der Waals surface area contributed by atoms with E-state index in [0.29, 0.717) is 24.1 Å². The first-order chi connectivity index (χ1) is 14.2. The molecule has 2 aromatic rings. The first-order valence-electron chi connectivity index (χ1n) is 10.0. The second-order valence-electron chi connectivity index (χ2n) is 8.38. The molecule has 2 heterocycles. The van der Waals surface area contributed by atoms with Gasteiger partial charge in [-0.1, -0.05) is 17.7 Å². The number of amides is 1. The van der Waals surface area contributed by atoms with E-state index in [9.17, 15) is 18.0 Å². The van der Waals surface area contributed by atoms with Gasteiger partial charge < -0.3 is 10.2 Å². The Balaban J connectivity index is 1.53. The lowest BCUT2D eigenvalue weighted by atomic mass is 9.87. The van der Waals surface area contributed by atoms with Crippen LogP contribution in [0.2, 0.25) is 0 Å². The molecule has 1 saturated carbocycles. The van der Waals surface area contributed by atoms with Crippen molar-refractivity contribution in [2.75, 3.05) is 18.4 Å². The predicted molar refractivity (Wildman–Crippen MR) is 117 cm³/mol. The summed E-state index contributed by atoms with van der Waals surface area (Å²) in [5.41, 5.74) is 1.09. The summed E-state index contributed by atoms with van der Waals surface area (Å²) in [4.78, 5) is 18.9. The molecule has 1 N–H and O–H groups in total. The summed E-state index contributed by atoms with van der Waals surface area (Å²) in [7, 11) is 0. The number of likely N-dealkylation sites (tertiary alicyclic amines) is 1. The van der Waals surface area contributed by atoms with Crippen molar-refractivity contribution < 1.29 is 18.0 Å². The Morgan fingerprint density at radius 1 is 1.27 bits per heavy atom. The van der Waals surface area contributed by atoms with Gasteiger partial charge in [-0.3, -0.25) is 4.79 Å². The fourth-order valence-corrected chi connectivity index (χ4v) is 4.77. The number of rotatable bonds is 4. The number of carbonyl (C=O) groups excluding carboxylic acids is 1. The molecule has 4 rings (SSSR count). The number of halogens is 4. The topological polar surface area (TPSA) is 45.2 Å². The van der Waals surface area contributed by atoms with E-state index in [1.165, 1.54) is 12.1 Å². The number of nitrogens with one attached hydrogen (secondary N) is 1. The average Bonchev–Trinajstić information content (AvgIpc) is 3.46. The highest BCUT2D eigenvalue weighted by Crippen LogP contribution is 2.55. The van der Waals surface area contributed by atoms with Gasteiger partial charge in [0.2, 0.25) is 0 Å². The van der Waals surface area contributed by atoms with Gasteiger partial charge in [-0.05, 0) is 84.9 Å². The summed E-state index contributed by atoms with van der Waals surface area (Å²) in [6.45, 7) is 3.01. The lowest BCUT2D eigenvalue weighted by molar-refractivity contribution is -0.141. The van der Waals surface area contributed by atoms with Crippen LogP contribution in [-0.4, -0.2) is 34.9 Å². The number of benzene rings is 1. The van der Waals surface area contributed by atoms with Crippen LogP contribution in [0.25, 0.3) is 0 Å². The number of piperidine rings is 1. The third-order valence-corrected chi connectivity index (χ3v) is 7.06. The first-order valence-corrected chi connectivity index (χ1v) is 11.1. The number of carbonyl (C=O) groups is 1. The van der Waals surface area contributed by atoms with Crippen molar-refractivity contribution in [1.82, 2.24) is 9.88 Å². The van der Waals surface area contributed by atoms with Crippen molar-refractivity contribution in [3.63, 3.8) is 0 Å². The van der Waals surface area contributed by atoms with Crippen molar-refractivity contribution in [2.24, 2.45) is 5.41 Å². The molecule has 160 valence electrons. The zero-order valence-corrected chi connectivity index (χ0v) is 18.8. The molecule has 1 saturated heterocycles. The van der Waals surface area contributed by atoms with Gasteiger partial charge in [0, 0.05) is 22.7 Å². The fraction of sp³-hybridized carbons (Fsp3) is 0.455. The maximum Gasteiger partial charge on any atom is 0.433 e. The summed E-state index contributed by atoms with van der Waals surface area (Å²) in [6, 6.07) is 9.58. The Labute approximate surface area is 187 Å². The highest BCUT2D eigenvalue weighted by Gasteiger charge is 2.49. The highest BCUT2D eigenvalue weighted by atomic mass is 127. The lowest BCUT2D eigenvalue weighted by Crippen LogP contribution is -2.50. The quantitative estimate of drug-likeness (QED) is 0.532. The molecule has 8 heteroatoms. The second kappa shape index (κ2) is 8.01. The van der Waals surface area contributed by atoms with E-state index in [1.807, 2.05) is 30.0 Å². The lowest BCUT2D eigenvalue weighted by Gasteiger charge is -2.40. The summed E-state index contributed by atoms with van der Waals surface area (Å²) >= 11 is 2.18. The van der Waals surface area contributed by atoms with Crippen LogP contribution in [0.5, 0.6) is 0 Å². The number of pyridine rings is 1. The molecular formula is C22H23F3IN3O. The number of hydrogen-bond donors (Lipinski definition) is 1. The third-order valence-electron chi connectivity index (χ3n) is 6.12. The molecule has 1 aromatic carbocycles. The molecule has 0 bridgehead atoms. The van der Waals surface area contributed by atoms with E-state index in [4.69, 9.17) is 0 Å². The normalized spacial score (nSPS) is 20.3. The molecule has 2 fully saturated rings. The van der Waals surface area contributed by atoms with Gasteiger partial charge in [0.15, 0.2) is 0 Å².